The third-order valence-electron chi connectivity index (χ3n) is 3.79. The minimum atomic E-state index is -0.388. The van der Waals surface area contributed by atoms with Gasteiger partial charge in [-0.25, -0.2) is 4.98 Å². The van der Waals surface area contributed by atoms with E-state index in [2.05, 4.69) is 24.1 Å². The SMILES string of the molecule is CC(C)CC1NC(=O)CCN(CCc2nccn2C)C1=O. The Kier molecular flexibility index (Phi) is 4.98. The van der Waals surface area contributed by atoms with Crippen molar-refractivity contribution in [3.63, 3.8) is 0 Å². The summed E-state index contributed by atoms with van der Waals surface area (Å²) in [7, 11) is 1.94. The van der Waals surface area contributed by atoms with Crippen LogP contribution in [0.3, 0.4) is 0 Å². The van der Waals surface area contributed by atoms with Gasteiger partial charge in [-0.3, -0.25) is 9.59 Å². The zero-order chi connectivity index (χ0) is 15.4. The summed E-state index contributed by atoms with van der Waals surface area (Å²) >= 11 is 0. The first-order chi connectivity index (χ1) is 9.97. The number of carbonyl (C=O) groups excluding carboxylic acids is 2. The standard InChI is InChI=1S/C15H24N4O2/c1-11(2)10-12-15(21)19(8-5-14(20)17-12)7-4-13-16-6-9-18(13)3/h6,9,11-12H,4-5,7-8,10H2,1-3H3,(H,17,20). The van der Waals surface area contributed by atoms with Gasteiger partial charge in [0.25, 0.3) is 0 Å². The molecule has 1 aromatic rings. The van der Waals surface area contributed by atoms with Crippen molar-refractivity contribution < 1.29 is 9.59 Å². The fourth-order valence-electron chi connectivity index (χ4n) is 2.62. The van der Waals surface area contributed by atoms with Crippen LogP contribution in [0.1, 0.15) is 32.5 Å². The van der Waals surface area contributed by atoms with Gasteiger partial charge in [-0.1, -0.05) is 13.8 Å². The van der Waals surface area contributed by atoms with E-state index in [0.717, 1.165) is 5.82 Å². The summed E-state index contributed by atoms with van der Waals surface area (Å²) < 4.78 is 1.96. The molecule has 2 heterocycles. The number of amides is 2. The highest BCUT2D eigenvalue weighted by molar-refractivity contribution is 5.89. The highest BCUT2D eigenvalue weighted by Crippen LogP contribution is 2.12. The number of aryl methyl sites for hydroxylation is 1. The molecule has 6 heteroatoms. The predicted molar refractivity (Wildman–Crippen MR) is 79.5 cm³/mol. The monoisotopic (exact) mass is 292 g/mol. The van der Waals surface area contributed by atoms with E-state index in [-0.39, 0.29) is 17.9 Å². The minimum absolute atomic E-state index is 0.0313. The zero-order valence-electron chi connectivity index (χ0n) is 13.0. The molecule has 2 amide bonds. The second-order valence-electron chi connectivity index (χ2n) is 6.03. The van der Waals surface area contributed by atoms with E-state index in [1.165, 1.54) is 0 Å². The van der Waals surface area contributed by atoms with Gasteiger partial charge in [-0.15, -0.1) is 0 Å². The van der Waals surface area contributed by atoms with Gasteiger partial charge in [0.1, 0.15) is 11.9 Å². The molecule has 2 rings (SSSR count). The average molecular weight is 292 g/mol. The highest BCUT2D eigenvalue weighted by Gasteiger charge is 2.30. The van der Waals surface area contributed by atoms with Crippen LogP contribution in [0.5, 0.6) is 0 Å². The Bertz CT molecular complexity index is 510. The van der Waals surface area contributed by atoms with Crippen molar-refractivity contribution in [2.75, 3.05) is 13.1 Å². The molecule has 0 radical (unpaired) electrons. The summed E-state index contributed by atoms with van der Waals surface area (Å²) in [6.45, 7) is 5.21. The van der Waals surface area contributed by atoms with Crippen LogP contribution < -0.4 is 5.32 Å². The summed E-state index contributed by atoms with van der Waals surface area (Å²) in [5.74, 6) is 1.32. The normalized spacial score (nSPS) is 19.8. The van der Waals surface area contributed by atoms with E-state index in [1.807, 2.05) is 17.8 Å². The highest BCUT2D eigenvalue weighted by atomic mass is 16.2. The second-order valence-corrected chi connectivity index (χ2v) is 6.03. The molecule has 1 aromatic heterocycles. The van der Waals surface area contributed by atoms with E-state index < -0.39 is 0 Å². The number of rotatable bonds is 5. The van der Waals surface area contributed by atoms with Gasteiger partial charge in [-0.05, 0) is 12.3 Å². The van der Waals surface area contributed by atoms with Gasteiger partial charge >= 0.3 is 0 Å². The van der Waals surface area contributed by atoms with Crippen LogP contribution in [0.4, 0.5) is 0 Å². The van der Waals surface area contributed by atoms with Crippen molar-refractivity contribution in [1.29, 1.82) is 0 Å². The molecule has 0 bridgehead atoms. The van der Waals surface area contributed by atoms with Crippen LogP contribution in [0.2, 0.25) is 0 Å². The Labute approximate surface area is 125 Å². The fraction of sp³-hybridized carbons (Fsp3) is 0.667. The van der Waals surface area contributed by atoms with Gasteiger partial charge in [0.2, 0.25) is 11.8 Å². The summed E-state index contributed by atoms with van der Waals surface area (Å²) in [6.07, 6.45) is 5.42. The molecular weight excluding hydrogens is 268 g/mol. The first-order valence-corrected chi connectivity index (χ1v) is 7.51. The third kappa shape index (κ3) is 4.06. The topological polar surface area (TPSA) is 67.2 Å². The maximum Gasteiger partial charge on any atom is 0.245 e. The van der Waals surface area contributed by atoms with Crippen LogP contribution in [0.25, 0.3) is 0 Å². The molecule has 0 spiro atoms. The summed E-state index contributed by atoms with van der Waals surface area (Å²) in [6, 6.07) is -0.388. The molecule has 1 aliphatic heterocycles. The Morgan fingerprint density at radius 2 is 2.19 bits per heavy atom. The third-order valence-corrected chi connectivity index (χ3v) is 3.79. The molecular formula is C15H24N4O2. The van der Waals surface area contributed by atoms with E-state index >= 15 is 0 Å². The Morgan fingerprint density at radius 1 is 1.43 bits per heavy atom. The van der Waals surface area contributed by atoms with Crippen molar-refractivity contribution in [1.82, 2.24) is 19.8 Å². The molecule has 0 aliphatic carbocycles. The number of nitrogens with zero attached hydrogens (tertiary/aromatic N) is 3. The quantitative estimate of drug-likeness (QED) is 0.870. The van der Waals surface area contributed by atoms with Crippen molar-refractivity contribution in [2.24, 2.45) is 13.0 Å². The molecule has 21 heavy (non-hydrogen) atoms. The van der Waals surface area contributed by atoms with Crippen LogP contribution in [-0.4, -0.2) is 45.4 Å². The summed E-state index contributed by atoms with van der Waals surface area (Å²) in [5.41, 5.74) is 0. The molecule has 0 saturated carbocycles. The van der Waals surface area contributed by atoms with Gasteiger partial charge in [0.05, 0.1) is 0 Å². The molecule has 1 atom stereocenters. The molecule has 1 unspecified atom stereocenters. The lowest BCUT2D eigenvalue weighted by molar-refractivity contribution is -0.134. The summed E-state index contributed by atoms with van der Waals surface area (Å²) in [5, 5.41) is 2.84. The number of nitrogens with one attached hydrogen (secondary N) is 1. The predicted octanol–water partition coefficient (Wildman–Crippen LogP) is 0.726. The molecule has 0 aromatic carbocycles. The Morgan fingerprint density at radius 3 is 2.81 bits per heavy atom. The zero-order valence-corrected chi connectivity index (χ0v) is 13.0. The van der Waals surface area contributed by atoms with Crippen molar-refractivity contribution in [3.8, 4) is 0 Å². The maximum atomic E-state index is 12.6. The Balaban J connectivity index is 2.01. The van der Waals surface area contributed by atoms with Gasteiger partial charge in [0.15, 0.2) is 0 Å². The fourth-order valence-corrected chi connectivity index (χ4v) is 2.62. The Hall–Kier alpha value is -1.85. The van der Waals surface area contributed by atoms with E-state index in [0.29, 0.717) is 38.3 Å². The maximum absolute atomic E-state index is 12.6. The van der Waals surface area contributed by atoms with Gasteiger partial charge < -0.3 is 14.8 Å². The minimum Gasteiger partial charge on any atom is -0.344 e. The number of hydrogen-bond acceptors (Lipinski definition) is 3. The lowest BCUT2D eigenvalue weighted by atomic mass is 10.0. The summed E-state index contributed by atoms with van der Waals surface area (Å²) in [4.78, 5) is 30.4. The van der Waals surface area contributed by atoms with Gasteiger partial charge in [-0.2, -0.15) is 0 Å². The van der Waals surface area contributed by atoms with Crippen LogP contribution >= 0.6 is 0 Å². The number of imidazole rings is 1. The van der Waals surface area contributed by atoms with Crippen LogP contribution in [-0.2, 0) is 23.1 Å². The van der Waals surface area contributed by atoms with Gasteiger partial charge in [0, 0.05) is 45.4 Å². The number of carbonyl (C=O) groups is 2. The second kappa shape index (κ2) is 6.74. The number of hydrogen-bond donors (Lipinski definition) is 1. The molecule has 6 nitrogen and oxygen atoms in total. The smallest absolute Gasteiger partial charge is 0.245 e. The molecule has 1 aliphatic rings. The molecule has 1 N–H and O–H groups in total. The van der Waals surface area contributed by atoms with Crippen molar-refractivity contribution in [2.45, 2.75) is 39.2 Å². The molecule has 1 fully saturated rings. The largest absolute Gasteiger partial charge is 0.344 e. The van der Waals surface area contributed by atoms with E-state index in [4.69, 9.17) is 0 Å². The van der Waals surface area contributed by atoms with E-state index in [1.54, 1.807) is 11.1 Å². The van der Waals surface area contributed by atoms with E-state index in [9.17, 15) is 9.59 Å². The van der Waals surface area contributed by atoms with Crippen molar-refractivity contribution >= 4 is 11.8 Å². The lowest BCUT2D eigenvalue weighted by Gasteiger charge is -2.24. The lowest BCUT2D eigenvalue weighted by Crippen LogP contribution is -2.46. The van der Waals surface area contributed by atoms with Crippen LogP contribution in [0, 0.1) is 5.92 Å². The first kappa shape index (κ1) is 15.5. The number of aromatic nitrogens is 2. The average Bonchev–Trinajstić information content (AvgIpc) is 2.77. The van der Waals surface area contributed by atoms with Crippen LogP contribution in [0.15, 0.2) is 12.4 Å². The van der Waals surface area contributed by atoms with Crippen molar-refractivity contribution in [3.05, 3.63) is 18.2 Å². The first-order valence-electron chi connectivity index (χ1n) is 7.51. The molecule has 116 valence electrons. The molecule has 1 saturated heterocycles.